The van der Waals surface area contributed by atoms with Gasteiger partial charge in [0.2, 0.25) is 0 Å². The molecule has 1 heteroatoms. The highest BCUT2D eigenvalue weighted by atomic mass is 16.3. The number of benzene rings is 9. The Morgan fingerprint density at radius 3 is 1.64 bits per heavy atom. The molecule has 0 N–H and O–H groups in total. The summed E-state index contributed by atoms with van der Waals surface area (Å²) in [5.74, 6) is 0. The molecule has 0 unspecified atom stereocenters. The van der Waals surface area contributed by atoms with Crippen molar-refractivity contribution < 1.29 is 4.42 Å². The first kappa shape index (κ1) is 26.1. The molecule has 1 aromatic heterocycles. The largest absolute Gasteiger partial charge is 0.456 e. The fourth-order valence-electron chi connectivity index (χ4n) is 7.75. The van der Waals surface area contributed by atoms with Crippen molar-refractivity contribution in [3.63, 3.8) is 0 Å². The lowest BCUT2D eigenvalue weighted by molar-refractivity contribution is 0.669. The molecule has 0 radical (unpaired) electrons. The van der Waals surface area contributed by atoms with Crippen LogP contribution in [0.3, 0.4) is 0 Å². The number of hydrogen-bond acceptors (Lipinski definition) is 1. The average Bonchev–Trinajstić information content (AvgIpc) is 3.51. The molecule has 0 bridgehead atoms. The molecule has 47 heavy (non-hydrogen) atoms. The summed E-state index contributed by atoms with van der Waals surface area (Å²) in [6.45, 7) is 0. The number of furan rings is 1. The molecule has 10 rings (SSSR count). The Morgan fingerprint density at radius 2 is 0.851 bits per heavy atom. The van der Waals surface area contributed by atoms with Gasteiger partial charge in [0.05, 0.1) is 0 Å². The molecule has 0 aliphatic carbocycles. The van der Waals surface area contributed by atoms with Crippen LogP contribution in [0.15, 0.2) is 174 Å². The molecule has 1 heterocycles. The highest BCUT2D eigenvalue weighted by Crippen LogP contribution is 2.46. The van der Waals surface area contributed by atoms with Gasteiger partial charge in [0.1, 0.15) is 11.2 Å². The molecule has 1 nitrogen and oxygen atoms in total. The molecule has 9 aromatic carbocycles. The Balaban J connectivity index is 1.23. The van der Waals surface area contributed by atoms with Crippen LogP contribution >= 0.6 is 0 Å². The fraction of sp³-hybridized carbons (Fsp3) is 0. The molecule has 10 aromatic rings. The maximum Gasteiger partial charge on any atom is 0.135 e. The summed E-state index contributed by atoms with van der Waals surface area (Å²) < 4.78 is 6.13. The van der Waals surface area contributed by atoms with Crippen LogP contribution < -0.4 is 0 Å². The summed E-state index contributed by atoms with van der Waals surface area (Å²) in [4.78, 5) is 0. The minimum Gasteiger partial charge on any atom is -0.456 e. The summed E-state index contributed by atoms with van der Waals surface area (Å²) >= 11 is 0. The maximum atomic E-state index is 6.13. The van der Waals surface area contributed by atoms with Gasteiger partial charge in [-0.15, -0.1) is 0 Å². The van der Waals surface area contributed by atoms with Gasteiger partial charge in [-0.25, -0.2) is 0 Å². The highest BCUT2D eigenvalue weighted by molar-refractivity contribution is 6.25. The van der Waals surface area contributed by atoms with Gasteiger partial charge in [-0.05, 0) is 101 Å². The molecular formula is C46H28O. The summed E-state index contributed by atoms with van der Waals surface area (Å²) in [7, 11) is 0. The van der Waals surface area contributed by atoms with Crippen LogP contribution in [0.5, 0.6) is 0 Å². The molecule has 0 spiro atoms. The first-order valence-electron chi connectivity index (χ1n) is 16.2. The van der Waals surface area contributed by atoms with Crippen LogP contribution in [-0.2, 0) is 0 Å². The van der Waals surface area contributed by atoms with Gasteiger partial charge in [0.25, 0.3) is 0 Å². The third-order valence-electron chi connectivity index (χ3n) is 9.85. The van der Waals surface area contributed by atoms with Gasteiger partial charge >= 0.3 is 0 Å². The standard InChI is InChI=1S/C46H28O/c1-2-14-33-29(11-1)23-25-35-34(33)20-10-21-37(35)46-40-18-5-3-16-38(40)45(39-17-4-6-19-41(39)46)32-13-9-12-30(27-32)31-24-26-44-42(28-31)36-15-7-8-22-43(36)47-44/h1-28H. The predicted molar refractivity (Wildman–Crippen MR) is 200 cm³/mol. The van der Waals surface area contributed by atoms with E-state index in [2.05, 4.69) is 158 Å². The van der Waals surface area contributed by atoms with E-state index < -0.39 is 0 Å². The lowest BCUT2D eigenvalue weighted by atomic mass is 9.84. The van der Waals surface area contributed by atoms with E-state index in [4.69, 9.17) is 4.42 Å². The third kappa shape index (κ3) is 3.97. The van der Waals surface area contributed by atoms with E-state index in [9.17, 15) is 0 Å². The van der Waals surface area contributed by atoms with Crippen molar-refractivity contribution >= 4 is 65.0 Å². The van der Waals surface area contributed by atoms with Gasteiger partial charge in [0, 0.05) is 10.8 Å². The predicted octanol–water partition coefficient (Wildman–Crippen LogP) is 13.2. The highest BCUT2D eigenvalue weighted by Gasteiger charge is 2.19. The Labute approximate surface area is 271 Å². The van der Waals surface area contributed by atoms with Crippen molar-refractivity contribution in [3.05, 3.63) is 170 Å². The molecule has 218 valence electrons. The van der Waals surface area contributed by atoms with Crippen LogP contribution in [0.1, 0.15) is 0 Å². The summed E-state index contributed by atoms with van der Waals surface area (Å²) in [5.41, 5.74) is 9.23. The second-order valence-electron chi connectivity index (χ2n) is 12.4. The van der Waals surface area contributed by atoms with E-state index >= 15 is 0 Å². The Morgan fingerprint density at radius 1 is 0.277 bits per heavy atom. The van der Waals surface area contributed by atoms with E-state index in [0.717, 1.165) is 21.9 Å². The van der Waals surface area contributed by atoms with Crippen molar-refractivity contribution in [3.8, 4) is 33.4 Å². The van der Waals surface area contributed by atoms with Crippen LogP contribution in [0.4, 0.5) is 0 Å². The third-order valence-corrected chi connectivity index (χ3v) is 9.85. The van der Waals surface area contributed by atoms with Crippen LogP contribution in [0, 0.1) is 0 Å². The second-order valence-corrected chi connectivity index (χ2v) is 12.4. The second kappa shape index (κ2) is 10.2. The lowest BCUT2D eigenvalue weighted by Gasteiger charge is -2.19. The zero-order chi connectivity index (χ0) is 30.9. The molecular weight excluding hydrogens is 569 g/mol. The van der Waals surface area contributed by atoms with Gasteiger partial charge < -0.3 is 4.42 Å². The van der Waals surface area contributed by atoms with Gasteiger partial charge in [0.15, 0.2) is 0 Å². The smallest absolute Gasteiger partial charge is 0.135 e. The van der Waals surface area contributed by atoms with E-state index in [0.29, 0.717) is 0 Å². The normalized spacial score (nSPS) is 11.8. The minimum atomic E-state index is 0.917. The van der Waals surface area contributed by atoms with Crippen LogP contribution in [0.2, 0.25) is 0 Å². The van der Waals surface area contributed by atoms with Crippen molar-refractivity contribution in [1.29, 1.82) is 0 Å². The van der Waals surface area contributed by atoms with Crippen molar-refractivity contribution in [2.24, 2.45) is 0 Å². The average molecular weight is 597 g/mol. The number of fused-ring (bicyclic) bond motifs is 8. The minimum absolute atomic E-state index is 0.917. The lowest BCUT2D eigenvalue weighted by Crippen LogP contribution is -1.92. The quantitative estimate of drug-likeness (QED) is 0.146. The molecule has 0 saturated heterocycles. The fourth-order valence-corrected chi connectivity index (χ4v) is 7.75. The monoisotopic (exact) mass is 596 g/mol. The SMILES string of the molecule is c1cc(-c2ccc3oc4ccccc4c3c2)cc(-c2c3ccccc3c(-c3cccc4c3ccc3ccccc34)c3ccccc23)c1. The van der Waals surface area contributed by atoms with Crippen LogP contribution in [-0.4, -0.2) is 0 Å². The Kier molecular flexibility index (Phi) is 5.64. The molecule has 0 saturated carbocycles. The van der Waals surface area contributed by atoms with Crippen molar-refractivity contribution in [2.45, 2.75) is 0 Å². The topological polar surface area (TPSA) is 13.1 Å². The molecule has 0 aliphatic heterocycles. The molecule has 0 amide bonds. The number of rotatable bonds is 3. The van der Waals surface area contributed by atoms with Crippen LogP contribution in [0.25, 0.3) is 98.4 Å². The maximum absolute atomic E-state index is 6.13. The summed E-state index contributed by atoms with van der Waals surface area (Å²) in [5, 5.41) is 12.4. The first-order chi connectivity index (χ1) is 23.3. The van der Waals surface area contributed by atoms with Gasteiger partial charge in [-0.2, -0.15) is 0 Å². The van der Waals surface area contributed by atoms with E-state index in [-0.39, 0.29) is 0 Å². The number of para-hydroxylation sites is 1. The summed E-state index contributed by atoms with van der Waals surface area (Å²) in [6.07, 6.45) is 0. The number of hydrogen-bond donors (Lipinski definition) is 0. The zero-order valence-electron chi connectivity index (χ0n) is 25.6. The van der Waals surface area contributed by atoms with E-state index in [1.165, 1.54) is 76.5 Å². The molecule has 0 atom stereocenters. The summed E-state index contributed by atoms with van der Waals surface area (Å²) in [6, 6.07) is 61.7. The Bertz CT molecular complexity index is 2800. The Hall–Kier alpha value is -6.18. The van der Waals surface area contributed by atoms with E-state index in [1.54, 1.807) is 0 Å². The molecule has 0 fully saturated rings. The van der Waals surface area contributed by atoms with Gasteiger partial charge in [-0.3, -0.25) is 0 Å². The van der Waals surface area contributed by atoms with Gasteiger partial charge in [-0.1, -0.05) is 146 Å². The van der Waals surface area contributed by atoms with Crippen molar-refractivity contribution in [1.82, 2.24) is 0 Å². The van der Waals surface area contributed by atoms with E-state index in [1.807, 2.05) is 12.1 Å². The first-order valence-corrected chi connectivity index (χ1v) is 16.2. The zero-order valence-corrected chi connectivity index (χ0v) is 25.6. The van der Waals surface area contributed by atoms with Crippen molar-refractivity contribution in [2.75, 3.05) is 0 Å². The molecule has 0 aliphatic rings.